The predicted octanol–water partition coefficient (Wildman–Crippen LogP) is 0.948. The number of hydrogen-bond donors (Lipinski definition) is 1. The van der Waals surface area contributed by atoms with Crippen molar-refractivity contribution in [2.24, 2.45) is 0 Å². The molecule has 3 heteroatoms. The average molecular weight is 122 g/mol. The van der Waals surface area contributed by atoms with Crippen molar-refractivity contribution in [3.8, 4) is 0 Å². The van der Waals surface area contributed by atoms with Crippen LogP contribution in [0.3, 0.4) is 0 Å². The third-order valence-electron chi connectivity index (χ3n) is 1.34. The Kier molecular flexibility index (Phi) is 0.656. The summed E-state index contributed by atoms with van der Waals surface area (Å²) in [6.45, 7) is 0. The van der Waals surface area contributed by atoms with Crippen molar-refractivity contribution in [1.82, 2.24) is 4.68 Å². The lowest BCUT2D eigenvalue weighted by molar-refractivity contribution is 0.616. The smallest absolute Gasteiger partial charge is 0.153 e. The first-order valence-corrected chi connectivity index (χ1v) is 2.67. The molecule has 0 saturated carbocycles. The van der Waals surface area contributed by atoms with Gasteiger partial charge >= 0.3 is 0 Å². The average Bonchev–Trinajstić information content (AvgIpc) is 2.35. The largest absolute Gasteiger partial charge is 0.463 e. The van der Waals surface area contributed by atoms with E-state index in [1.165, 1.54) is 4.68 Å². The molecule has 0 aliphatic rings. The molecule has 0 atom stereocenters. The molecule has 0 aromatic carbocycles. The van der Waals surface area contributed by atoms with Crippen LogP contribution in [-0.4, -0.2) is 4.68 Å². The molecule has 0 amide bonds. The standard InChI is InChI=1S/C6H6N2O/c7-8-3-1-6-5(8)2-4-9-6/h1-4H,7H2. The number of hydrogen-bond acceptors (Lipinski definition) is 2. The molecule has 3 nitrogen and oxygen atoms in total. The second-order valence-corrected chi connectivity index (χ2v) is 1.89. The van der Waals surface area contributed by atoms with Gasteiger partial charge in [-0.3, -0.25) is 4.68 Å². The molecule has 0 radical (unpaired) electrons. The highest BCUT2D eigenvalue weighted by atomic mass is 16.3. The summed E-state index contributed by atoms with van der Waals surface area (Å²) < 4.78 is 6.56. The van der Waals surface area contributed by atoms with E-state index in [9.17, 15) is 0 Å². The predicted molar refractivity (Wildman–Crippen MR) is 34.4 cm³/mol. The molecule has 0 aliphatic carbocycles. The van der Waals surface area contributed by atoms with E-state index < -0.39 is 0 Å². The third-order valence-corrected chi connectivity index (χ3v) is 1.34. The van der Waals surface area contributed by atoms with Gasteiger partial charge in [0.25, 0.3) is 0 Å². The van der Waals surface area contributed by atoms with E-state index in [4.69, 9.17) is 10.3 Å². The van der Waals surface area contributed by atoms with E-state index in [0.717, 1.165) is 11.1 Å². The molecule has 0 fully saturated rings. The van der Waals surface area contributed by atoms with Crippen LogP contribution in [0.25, 0.3) is 11.1 Å². The number of nitrogen functional groups attached to an aromatic ring is 1. The molecular formula is C6H6N2O. The van der Waals surface area contributed by atoms with E-state index in [2.05, 4.69) is 0 Å². The zero-order chi connectivity index (χ0) is 6.27. The Morgan fingerprint density at radius 3 is 3.11 bits per heavy atom. The lowest BCUT2D eigenvalue weighted by Crippen LogP contribution is -2.03. The maximum atomic E-state index is 5.48. The number of nitrogens with two attached hydrogens (primary N) is 1. The minimum Gasteiger partial charge on any atom is -0.463 e. The molecule has 2 heterocycles. The van der Waals surface area contributed by atoms with Gasteiger partial charge in [-0.1, -0.05) is 0 Å². The van der Waals surface area contributed by atoms with Crippen LogP contribution in [0.5, 0.6) is 0 Å². The first-order chi connectivity index (χ1) is 4.38. The fraction of sp³-hybridized carbons (Fsp3) is 0. The highest BCUT2D eigenvalue weighted by Gasteiger charge is 1.97. The number of aromatic nitrogens is 1. The van der Waals surface area contributed by atoms with Gasteiger partial charge < -0.3 is 10.3 Å². The first kappa shape index (κ1) is 4.49. The van der Waals surface area contributed by atoms with Crippen molar-refractivity contribution >= 4 is 11.1 Å². The van der Waals surface area contributed by atoms with Crippen LogP contribution >= 0.6 is 0 Å². The Labute approximate surface area is 51.6 Å². The number of rotatable bonds is 0. The summed E-state index contributed by atoms with van der Waals surface area (Å²) in [6.07, 6.45) is 3.38. The fourth-order valence-electron chi connectivity index (χ4n) is 0.881. The van der Waals surface area contributed by atoms with Crippen molar-refractivity contribution in [1.29, 1.82) is 0 Å². The second-order valence-electron chi connectivity index (χ2n) is 1.89. The molecule has 46 valence electrons. The monoisotopic (exact) mass is 122 g/mol. The van der Waals surface area contributed by atoms with Crippen molar-refractivity contribution < 1.29 is 4.42 Å². The topological polar surface area (TPSA) is 44.1 Å². The summed E-state index contributed by atoms with van der Waals surface area (Å²) in [7, 11) is 0. The summed E-state index contributed by atoms with van der Waals surface area (Å²) in [5.74, 6) is 5.48. The molecule has 0 unspecified atom stereocenters. The van der Waals surface area contributed by atoms with E-state index in [0.29, 0.717) is 0 Å². The van der Waals surface area contributed by atoms with Crippen LogP contribution in [0.2, 0.25) is 0 Å². The quantitative estimate of drug-likeness (QED) is 0.528. The van der Waals surface area contributed by atoms with Gasteiger partial charge in [0.05, 0.1) is 6.26 Å². The Bertz CT molecular complexity index is 320. The summed E-state index contributed by atoms with van der Waals surface area (Å²) in [5.41, 5.74) is 1.76. The minimum absolute atomic E-state index is 0.831. The number of fused-ring (bicyclic) bond motifs is 1. The Morgan fingerprint density at radius 2 is 2.33 bits per heavy atom. The Morgan fingerprint density at radius 1 is 1.44 bits per heavy atom. The number of furan rings is 1. The van der Waals surface area contributed by atoms with Gasteiger partial charge in [-0.2, -0.15) is 0 Å². The molecule has 9 heavy (non-hydrogen) atoms. The van der Waals surface area contributed by atoms with Crippen molar-refractivity contribution in [2.75, 3.05) is 5.84 Å². The van der Waals surface area contributed by atoms with Crippen LogP contribution in [0.4, 0.5) is 0 Å². The molecule has 2 aromatic rings. The van der Waals surface area contributed by atoms with Crippen LogP contribution in [-0.2, 0) is 0 Å². The SMILES string of the molecule is Nn1ccc2occc21. The fourth-order valence-corrected chi connectivity index (χ4v) is 0.881. The van der Waals surface area contributed by atoms with Gasteiger partial charge in [-0.15, -0.1) is 0 Å². The first-order valence-electron chi connectivity index (χ1n) is 2.67. The maximum Gasteiger partial charge on any atom is 0.153 e. The zero-order valence-electron chi connectivity index (χ0n) is 4.74. The second kappa shape index (κ2) is 1.31. The third kappa shape index (κ3) is 0.455. The summed E-state index contributed by atoms with van der Waals surface area (Å²) in [4.78, 5) is 0. The number of nitrogens with zero attached hydrogens (tertiary/aromatic N) is 1. The van der Waals surface area contributed by atoms with Gasteiger partial charge in [-0.25, -0.2) is 0 Å². The van der Waals surface area contributed by atoms with Gasteiger partial charge in [0.2, 0.25) is 0 Å². The summed E-state index contributed by atoms with van der Waals surface area (Å²) in [5, 5.41) is 0. The van der Waals surface area contributed by atoms with Crippen LogP contribution in [0.15, 0.2) is 29.0 Å². The van der Waals surface area contributed by atoms with Gasteiger partial charge in [0, 0.05) is 18.3 Å². The molecule has 2 rings (SSSR count). The summed E-state index contributed by atoms with van der Waals surface area (Å²) >= 11 is 0. The maximum absolute atomic E-state index is 5.48. The molecule has 0 saturated heterocycles. The van der Waals surface area contributed by atoms with Crippen molar-refractivity contribution in [2.45, 2.75) is 0 Å². The highest BCUT2D eigenvalue weighted by Crippen LogP contribution is 2.13. The van der Waals surface area contributed by atoms with Gasteiger partial charge in [-0.05, 0) is 0 Å². The van der Waals surface area contributed by atoms with Crippen LogP contribution in [0.1, 0.15) is 0 Å². The van der Waals surface area contributed by atoms with Crippen LogP contribution < -0.4 is 5.84 Å². The van der Waals surface area contributed by atoms with E-state index in [1.54, 1.807) is 12.5 Å². The zero-order valence-corrected chi connectivity index (χ0v) is 4.74. The lowest BCUT2D eigenvalue weighted by atomic mass is 10.5. The van der Waals surface area contributed by atoms with Crippen molar-refractivity contribution in [3.05, 3.63) is 24.6 Å². The molecule has 0 spiro atoms. The van der Waals surface area contributed by atoms with E-state index in [-0.39, 0.29) is 0 Å². The van der Waals surface area contributed by atoms with E-state index in [1.807, 2.05) is 12.1 Å². The van der Waals surface area contributed by atoms with Crippen LogP contribution in [0, 0.1) is 0 Å². The lowest BCUT2D eigenvalue weighted by Gasteiger charge is -1.86. The Balaban J connectivity index is 2.99. The molecule has 0 bridgehead atoms. The van der Waals surface area contributed by atoms with Crippen molar-refractivity contribution in [3.63, 3.8) is 0 Å². The highest BCUT2D eigenvalue weighted by molar-refractivity contribution is 5.73. The van der Waals surface area contributed by atoms with Gasteiger partial charge in [0.15, 0.2) is 5.58 Å². The normalized spacial score (nSPS) is 10.7. The molecule has 2 aromatic heterocycles. The summed E-state index contributed by atoms with van der Waals surface area (Å²) in [6, 6.07) is 3.66. The molecular weight excluding hydrogens is 116 g/mol. The molecule has 0 aliphatic heterocycles. The minimum atomic E-state index is 0.831. The Hall–Kier alpha value is -1.38. The molecule has 2 N–H and O–H groups in total. The van der Waals surface area contributed by atoms with E-state index >= 15 is 0 Å². The van der Waals surface area contributed by atoms with Gasteiger partial charge in [0.1, 0.15) is 5.52 Å².